The fourth-order valence-electron chi connectivity index (χ4n) is 4.80. The van der Waals surface area contributed by atoms with Crippen molar-refractivity contribution in [1.29, 1.82) is 0 Å². The number of Topliss-reactive ketones (excluding diaryl/α,β-unsaturated/α-hetero) is 1. The molecule has 3 aromatic carbocycles. The normalized spacial score (nSPS) is 15.6. The van der Waals surface area contributed by atoms with Gasteiger partial charge in [0.2, 0.25) is 11.5 Å². The molecule has 0 bridgehead atoms. The summed E-state index contributed by atoms with van der Waals surface area (Å²) in [6.45, 7) is 3.83. The van der Waals surface area contributed by atoms with Crippen LogP contribution in [0, 0.1) is 6.92 Å². The Balaban J connectivity index is 1.40. The molecule has 37 heavy (non-hydrogen) atoms. The monoisotopic (exact) mass is 521 g/mol. The molecule has 0 amide bonds. The van der Waals surface area contributed by atoms with Gasteiger partial charge in [0.05, 0.1) is 26.9 Å². The van der Waals surface area contributed by atoms with Crippen molar-refractivity contribution < 1.29 is 28.5 Å². The van der Waals surface area contributed by atoms with Gasteiger partial charge in [-0.3, -0.25) is 9.69 Å². The van der Waals surface area contributed by atoms with Gasteiger partial charge in [-0.25, -0.2) is 0 Å². The van der Waals surface area contributed by atoms with E-state index >= 15 is 0 Å². The molecule has 0 N–H and O–H groups in total. The van der Waals surface area contributed by atoms with Gasteiger partial charge in [0.25, 0.3) is 0 Å². The molecule has 0 saturated carbocycles. The van der Waals surface area contributed by atoms with Crippen LogP contribution in [0.25, 0.3) is 6.08 Å². The van der Waals surface area contributed by atoms with E-state index in [0.717, 1.165) is 40.4 Å². The van der Waals surface area contributed by atoms with Crippen LogP contribution in [-0.2, 0) is 13.0 Å². The van der Waals surface area contributed by atoms with Gasteiger partial charge < -0.3 is 23.7 Å². The summed E-state index contributed by atoms with van der Waals surface area (Å²) in [6, 6.07) is 13.3. The lowest BCUT2D eigenvalue weighted by molar-refractivity contribution is 0.0954. The van der Waals surface area contributed by atoms with Crippen LogP contribution in [-0.4, -0.2) is 45.3 Å². The minimum absolute atomic E-state index is 0.189. The molecule has 3 aromatic rings. The third-order valence-corrected chi connectivity index (χ3v) is 7.05. The van der Waals surface area contributed by atoms with Crippen molar-refractivity contribution in [2.24, 2.45) is 0 Å². The molecule has 0 fully saturated rings. The summed E-state index contributed by atoms with van der Waals surface area (Å²) in [5.74, 6) is 2.74. The van der Waals surface area contributed by atoms with Crippen LogP contribution >= 0.6 is 11.6 Å². The second-order valence-corrected chi connectivity index (χ2v) is 9.30. The number of carbonyl (C=O) groups is 1. The van der Waals surface area contributed by atoms with Crippen LogP contribution in [0.3, 0.4) is 0 Å². The van der Waals surface area contributed by atoms with Crippen molar-refractivity contribution in [2.45, 2.75) is 19.9 Å². The fraction of sp³-hybridized carbons (Fsp3) is 0.276. The van der Waals surface area contributed by atoms with E-state index < -0.39 is 0 Å². The zero-order valence-corrected chi connectivity index (χ0v) is 22.0. The third kappa shape index (κ3) is 4.61. The number of halogens is 1. The summed E-state index contributed by atoms with van der Waals surface area (Å²) < 4.78 is 28.6. The van der Waals surface area contributed by atoms with E-state index in [-0.39, 0.29) is 11.5 Å². The average Bonchev–Trinajstić information content (AvgIpc) is 3.22. The molecule has 0 radical (unpaired) electrons. The quantitative estimate of drug-likeness (QED) is 0.370. The lowest BCUT2D eigenvalue weighted by atomic mass is 9.99. The maximum atomic E-state index is 13.4. The number of ether oxygens (including phenoxy) is 5. The first-order chi connectivity index (χ1) is 17.9. The number of ketones is 1. The molecule has 5 rings (SSSR count). The molecular weight excluding hydrogens is 494 g/mol. The number of methoxy groups -OCH3 is 3. The molecule has 2 aliphatic rings. The summed E-state index contributed by atoms with van der Waals surface area (Å²) in [5, 5.41) is 0.766. The van der Waals surface area contributed by atoms with Gasteiger partial charge >= 0.3 is 0 Å². The van der Waals surface area contributed by atoms with Crippen LogP contribution in [0.4, 0.5) is 0 Å². The Morgan fingerprint density at radius 3 is 2.54 bits per heavy atom. The van der Waals surface area contributed by atoms with E-state index in [1.165, 1.54) is 7.11 Å². The van der Waals surface area contributed by atoms with E-state index in [4.69, 9.17) is 35.3 Å². The Morgan fingerprint density at radius 1 is 1.03 bits per heavy atom. The summed E-state index contributed by atoms with van der Waals surface area (Å²) in [7, 11) is 4.63. The van der Waals surface area contributed by atoms with Gasteiger partial charge in [-0.15, -0.1) is 0 Å². The number of allylic oxidation sites excluding steroid dienone is 1. The maximum absolute atomic E-state index is 13.4. The summed E-state index contributed by atoms with van der Waals surface area (Å²) in [6.07, 6.45) is 2.47. The van der Waals surface area contributed by atoms with E-state index in [1.807, 2.05) is 37.3 Å². The highest BCUT2D eigenvalue weighted by Gasteiger charge is 2.34. The van der Waals surface area contributed by atoms with Crippen LogP contribution in [0.5, 0.6) is 28.7 Å². The number of hydrogen-bond donors (Lipinski definition) is 0. The SMILES string of the molecule is COc1ccc(/C=C2\Oc3c(cc4c(c3C)OCN(CCc3ccccc3Cl)C4)C2=O)c(OC)c1OC. The third-order valence-electron chi connectivity index (χ3n) is 6.68. The molecule has 0 saturated heterocycles. The molecule has 0 spiro atoms. The molecule has 7 nitrogen and oxygen atoms in total. The van der Waals surface area contributed by atoms with Gasteiger partial charge in [-0.2, -0.15) is 0 Å². The number of rotatable bonds is 7. The molecule has 2 heterocycles. The summed E-state index contributed by atoms with van der Waals surface area (Å²) >= 11 is 6.32. The molecule has 0 unspecified atom stereocenters. The highest BCUT2D eigenvalue weighted by atomic mass is 35.5. The van der Waals surface area contributed by atoms with Crippen molar-refractivity contribution in [3.63, 3.8) is 0 Å². The lowest BCUT2D eigenvalue weighted by Gasteiger charge is -2.30. The number of benzene rings is 3. The molecule has 0 aromatic heterocycles. The van der Waals surface area contributed by atoms with Crippen LogP contribution in [0.1, 0.15) is 32.6 Å². The molecule has 0 aliphatic carbocycles. The predicted molar refractivity (Wildman–Crippen MR) is 141 cm³/mol. The van der Waals surface area contributed by atoms with Gasteiger partial charge in [-0.1, -0.05) is 29.8 Å². The summed E-state index contributed by atoms with van der Waals surface area (Å²) in [4.78, 5) is 15.6. The molecular formula is C29H28ClNO6. The van der Waals surface area contributed by atoms with Crippen LogP contribution < -0.4 is 23.7 Å². The molecule has 8 heteroatoms. The highest BCUT2D eigenvalue weighted by Crippen LogP contribution is 2.45. The van der Waals surface area contributed by atoms with Crippen molar-refractivity contribution in [3.8, 4) is 28.7 Å². The van der Waals surface area contributed by atoms with Crippen LogP contribution in [0.2, 0.25) is 5.02 Å². The smallest absolute Gasteiger partial charge is 0.231 e. The lowest BCUT2D eigenvalue weighted by Crippen LogP contribution is -2.34. The van der Waals surface area contributed by atoms with Gasteiger partial charge in [0.15, 0.2) is 17.3 Å². The van der Waals surface area contributed by atoms with Crippen LogP contribution in [0.15, 0.2) is 48.2 Å². The van der Waals surface area contributed by atoms with E-state index in [2.05, 4.69) is 4.90 Å². The van der Waals surface area contributed by atoms with Gasteiger partial charge in [0.1, 0.15) is 18.2 Å². The Labute approximate surface area is 221 Å². The molecule has 192 valence electrons. The fourth-order valence-corrected chi connectivity index (χ4v) is 5.03. The first-order valence-electron chi connectivity index (χ1n) is 11.9. The first-order valence-corrected chi connectivity index (χ1v) is 12.3. The summed E-state index contributed by atoms with van der Waals surface area (Å²) in [5.41, 5.74) is 4.04. The highest BCUT2D eigenvalue weighted by molar-refractivity contribution is 6.31. The average molecular weight is 522 g/mol. The minimum Gasteiger partial charge on any atom is -0.493 e. The van der Waals surface area contributed by atoms with Gasteiger partial charge in [-0.05, 0) is 49.2 Å². The zero-order chi connectivity index (χ0) is 26.1. The zero-order valence-electron chi connectivity index (χ0n) is 21.2. The minimum atomic E-state index is -0.189. The molecule has 0 atom stereocenters. The predicted octanol–water partition coefficient (Wildman–Crippen LogP) is 5.69. The second-order valence-electron chi connectivity index (χ2n) is 8.90. The Bertz CT molecular complexity index is 1400. The van der Waals surface area contributed by atoms with E-state index in [1.54, 1.807) is 32.4 Å². The standard InChI is InChI=1S/C29H28ClNO6/c1-17-26-20(15-31(16-36-26)12-11-18-7-5-6-8-22(18)30)13-21-25(32)24(37-27(17)21)14-19-9-10-23(33-2)29(35-4)28(19)34-3/h5-10,13-14H,11-12,15-16H2,1-4H3/b24-14-. The topological polar surface area (TPSA) is 66.5 Å². The second kappa shape index (κ2) is 10.4. The Morgan fingerprint density at radius 2 is 1.81 bits per heavy atom. The Kier molecular flexibility index (Phi) is 7.00. The van der Waals surface area contributed by atoms with E-state index in [0.29, 0.717) is 47.4 Å². The van der Waals surface area contributed by atoms with Crippen molar-refractivity contribution in [1.82, 2.24) is 4.90 Å². The largest absolute Gasteiger partial charge is 0.493 e. The number of carbonyl (C=O) groups excluding carboxylic acids is 1. The first kappa shape index (κ1) is 25.0. The number of fused-ring (bicyclic) bond motifs is 2. The number of hydrogen-bond acceptors (Lipinski definition) is 7. The van der Waals surface area contributed by atoms with Crippen molar-refractivity contribution in [2.75, 3.05) is 34.6 Å². The van der Waals surface area contributed by atoms with Crippen molar-refractivity contribution >= 4 is 23.5 Å². The Hall–Kier alpha value is -3.68. The number of nitrogens with zero attached hydrogens (tertiary/aromatic N) is 1. The van der Waals surface area contributed by atoms with E-state index in [9.17, 15) is 4.79 Å². The molecule has 2 aliphatic heterocycles. The van der Waals surface area contributed by atoms with Crippen molar-refractivity contribution in [3.05, 3.63) is 81.1 Å². The van der Waals surface area contributed by atoms with Gasteiger partial charge in [0, 0.05) is 34.8 Å². The maximum Gasteiger partial charge on any atom is 0.231 e.